The average Bonchev–Trinajstić information content (AvgIpc) is 3.41. The fourth-order valence-corrected chi connectivity index (χ4v) is 4.25. The number of rotatable bonds is 8. The van der Waals surface area contributed by atoms with Gasteiger partial charge in [0.05, 0.1) is 16.2 Å². The summed E-state index contributed by atoms with van der Waals surface area (Å²) in [5.74, 6) is 5.21. The number of imidazole rings is 1. The number of nitrogens with zero attached hydrogens (tertiary/aromatic N) is 3. The number of hydrogen-bond acceptors (Lipinski definition) is 6. The first kappa shape index (κ1) is 24.9. The van der Waals surface area contributed by atoms with Gasteiger partial charge >= 0.3 is 12.2 Å². The molecule has 8 nitrogen and oxygen atoms in total. The van der Waals surface area contributed by atoms with Crippen molar-refractivity contribution in [3.05, 3.63) is 75.7 Å². The molecule has 0 aliphatic rings. The first-order valence-corrected chi connectivity index (χ1v) is 11.4. The number of benzene rings is 1. The highest BCUT2D eigenvalue weighted by molar-refractivity contribution is 7.16. The van der Waals surface area contributed by atoms with Crippen molar-refractivity contribution in [1.29, 1.82) is 0 Å². The van der Waals surface area contributed by atoms with Crippen LogP contribution in [0, 0.1) is 0 Å². The number of hydroxylamine groups is 1. The van der Waals surface area contributed by atoms with Gasteiger partial charge in [0.15, 0.2) is 0 Å². The number of anilines is 1. The Kier molecular flexibility index (Phi) is 7.57. The van der Waals surface area contributed by atoms with Gasteiger partial charge in [-0.2, -0.15) is 18.7 Å². The maximum Gasteiger partial charge on any atom is 0.407 e. The molecule has 0 atom stereocenters. The van der Waals surface area contributed by atoms with E-state index in [0.717, 1.165) is 16.1 Å². The Morgan fingerprint density at radius 1 is 1.23 bits per heavy atom. The number of aromatic nitrogens is 2. The molecule has 4 N–H and O–H groups in total. The number of hydrazine groups is 1. The van der Waals surface area contributed by atoms with E-state index in [1.54, 1.807) is 30.5 Å². The molecule has 184 valence electrons. The van der Waals surface area contributed by atoms with Gasteiger partial charge in [-0.3, -0.25) is 14.2 Å². The predicted octanol–water partition coefficient (Wildman–Crippen LogP) is 5.21. The Morgan fingerprint density at radius 2 is 2.06 bits per heavy atom. The first-order valence-electron chi connectivity index (χ1n) is 10.2. The first-order chi connectivity index (χ1) is 16.7. The van der Waals surface area contributed by atoms with Gasteiger partial charge in [0.25, 0.3) is 0 Å². The molecule has 0 spiro atoms. The molecule has 2 amide bonds. The molecule has 0 aliphatic carbocycles. The molecule has 0 unspecified atom stereocenters. The van der Waals surface area contributed by atoms with Crippen LogP contribution in [0.2, 0.25) is 4.34 Å². The monoisotopic (exact) mass is 524 g/mol. The van der Waals surface area contributed by atoms with Crippen molar-refractivity contribution in [3.63, 3.8) is 0 Å². The third kappa shape index (κ3) is 6.71. The molecule has 0 fully saturated rings. The number of alkyl halides is 3. The largest absolute Gasteiger partial charge is 0.407 e. The highest BCUT2D eigenvalue weighted by atomic mass is 35.5. The number of halogens is 4. The van der Waals surface area contributed by atoms with E-state index in [1.165, 1.54) is 11.3 Å². The molecule has 0 bridgehead atoms. The molecule has 0 radical (unpaired) electrons. The Balaban J connectivity index is 1.40. The number of nitrogens with two attached hydrogens (primary N) is 1. The Bertz CT molecular complexity index is 1330. The summed E-state index contributed by atoms with van der Waals surface area (Å²) in [5, 5.41) is 2.45. The summed E-state index contributed by atoms with van der Waals surface area (Å²) >= 11 is 7.36. The number of pyridine rings is 1. The number of nitrogens with one attached hydrogen (secondary N) is 2. The summed E-state index contributed by atoms with van der Waals surface area (Å²) in [6.45, 7) is -0.693. The van der Waals surface area contributed by atoms with Crippen molar-refractivity contribution in [2.24, 2.45) is 5.84 Å². The average molecular weight is 525 g/mol. The molecular weight excluding hydrogens is 505 g/mol. The van der Waals surface area contributed by atoms with Crippen molar-refractivity contribution in [1.82, 2.24) is 19.9 Å². The van der Waals surface area contributed by atoms with Gasteiger partial charge in [-0.15, -0.1) is 11.3 Å². The lowest BCUT2D eigenvalue weighted by Gasteiger charge is -2.19. The van der Waals surface area contributed by atoms with Gasteiger partial charge in [0, 0.05) is 28.9 Å². The van der Waals surface area contributed by atoms with Crippen LogP contribution < -0.4 is 16.6 Å². The SMILES string of the molecule is NN(CC(F)(F)F)C(=O)Nc1cccc(-c2cnc3cc(CNOCc4ccc(Cl)s4)ccn23)c1. The molecule has 13 heteroatoms. The van der Waals surface area contributed by atoms with Crippen molar-refractivity contribution in [3.8, 4) is 11.3 Å². The summed E-state index contributed by atoms with van der Waals surface area (Å²) in [5.41, 5.74) is 6.30. The van der Waals surface area contributed by atoms with E-state index in [0.29, 0.717) is 34.4 Å². The maximum atomic E-state index is 12.5. The van der Waals surface area contributed by atoms with Crippen LogP contribution in [0.1, 0.15) is 10.4 Å². The summed E-state index contributed by atoms with van der Waals surface area (Å²) in [6.07, 6.45) is -1.07. The van der Waals surface area contributed by atoms with E-state index in [1.807, 2.05) is 34.9 Å². The quantitative estimate of drug-likeness (QED) is 0.127. The highest BCUT2D eigenvalue weighted by Gasteiger charge is 2.31. The van der Waals surface area contributed by atoms with Crippen molar-refractivity contribution < 1.29 is 22.8 Å². The molecule has 3 aromatic heterocycles. The topological polar surface area (TPSA) is 96.9 Å². The number of fused-ring (bicyclic) bond motifs is 1. The zero-order valence-corrected chi connectivity index (χ0v) is 19.6. The minimum Gasteiger partial charge on any atom is -0.307 e. The van der Waals surface area contributed by atoms with E-state index < -0.39 is 18.8 Å². The molecule has 0 aliphatic heterocycles. The van der Waals surface area contributed by atoms with Crippen LogP contribution in [0.4, 0.5) is 23.7 Å². The van der Waals surface area contributed by atoms with Gasteiger partial charge in [0.1, 0.15) is 18.8 Å². The second kappa shape index (κ2) is 10.6. The molecule has 4 rings (SSSR count). The standard InChI is InChI=1S/C22H20ClF3N6O2S/c23-19-5-4-17(35-19)12-34-29-10-14-6-7-31-18(11-28-20(31)8-14)15-2-1-3-16(9-15)30-21(33)32(27)13-22(24,25)26/h1-9,11,29H,10,12-13,27H2,(H,30,33). The molecule has 0 saturated heterocycles. The van der Waals surface area contributed by atoms with Crippen molar-refractivity contribution >= 4 is 40.3 Å². The summed E-state index contributed by atoms with van der Waals surface area (Å²) in [7, 11) is 0. The third-order valence-corrected chi connectivity index (χ3v) is 6.02. The van der Waals surface area contributed by atoms with Gasteiger partial charge in [-0.1, -0.05) is 23.7 Å². The molecular formula is C22H20ClF3N6O2S. The molecule has 4 aromatic rings. The zero-order valence-electron chi connectivity index (χ0n) is 18.1. The molecule has 35 heavy (non-hydrogen) atoms. The maximum absolute atomic E-state index is 12.5. The summed E-state index contributed by atoms with van der Waals surface area (Å²) < 4.78 is 40.0. The van der Waals surface area contributed by atoms with Crippen molar-refractivity contribution in [2.45, 2.75) is 19.3 Å². The minimum absolute atomic E-state index is 0.0791. The van der Waals surface area contributed by atoms with E-state index in [9.17, 15) is 18.0 Å². The fraction of sp³-hybridized carbons (Fsp3) is 0.182. The molecule has 3 heterocycles. The van der Waals surface area contributed by atoms with Crippen LogP contribution in [0.15, 0.2) is 60.9 Å². The summed E-state index contributed by atoms with van der Waals surface area (Å²) in [4.78, 5) is 22.9. The van der Waals surface area contributed by atoms with E-state index >= 15 is 0 Å². The second-order valence-corrected chi connectivity index (χ2v) is 9.28. The van der Waals surface area contributed by atoms with Crippen LogP contribution in [0.3, 0.4) is 0 Å². The lowest BCUT2D eigenvalue weighted by molar-refractivity contribution is -0.139. The minimum atomic E-state index is -4.59. The summed E-state index contributed by atoms with van der Waals surface area (Å²) in [6, 6.07) is 13.1. The highest BCUT2D eigenvalue weighted by Crippen LogP contribution is 2.25. The predicted molar refractivity (Wildman–Crippen MR) is 128 cm³/mol. The lowest BCUT2D eigenvalue weighted by Crippen LogP contribution is -2.46. The Labute approximate surface area is 207 Å². The lowest BCUT2D eigenvalue weighted by atomic mass is 10.1. The fourth-order valence-electron chi connectivity index (χ4n) is 3.25. The normalized spacial score (nSPS) is 11.7. The van der Waals surface area contributed by atoms with Crippen LogP contribution in [-0.2, 0) is 18.0 Å². The van der Waals surface area contributed by atoms with Gasteiger partial charge in [-0.05, 0) is 42.0 Å². The smallest absolute Gasteiger partial charge is 0.307 e. The number of amides is 2. The van der Waals surface area contributed by atoms with Gasteiger partial charge in [0.2, 0.25) is 0 Å². The second-order valence-electron chi connectivity index (χ2n) is 7.48. The number of carbonyl (C=O) groups excluding carboxylic acids is 1. The van der Waals surface area contributed by atoms with Crippen LogP contribution in [0.25, 0.3) is 16.9 Å². The van der Waals surface area contributed by atoms with Crippen LogP contribution in [-0.4, -0.2) is 33.1 Å². The third-order valence-electron chi connectivity index (χ3n) is 4.82. The van der Waals surface area contributed by atoms with Crippen LogP contribution in [0.5, 0.6) is 0 Å². The Morgan fingerprint density at radius 3 is 2.80 bits per heavy atom. The zero-order chi connectivity index (χ0) is 25.0. The molecule has 0 saturated carbocycles. The van der Waals surface area contributed by atoms with E-state index in [-0.39, 0.29) is 5.01 Å². The van der Waals surface area contributed by atoms with Gasteiger partial charge < -0.3 is 5.32 Å². The van der Waals surface area contributed by atoms with Crippen LogP contribution >= 0.6 is 22.9 Å². The Hall–Kier alpha value is -3.16. The molecule has 1 aromatic carbocycles. The van der Waals surface area contributed by atoms with Gasteiger partial charge in [-0.25, -0.2) is 15.6 Å². The number of thiophene rings is 1. The van der Waals surface area contributed by atoms with E-state index in [2.05, 4.69) is 15.8 Å². The van der Waals surface area contributed by atoms with Crippen molar-refractivity contribution in [2.75, 3.05) is 11.9 Å². The number of urea groups is 1. The van der Waals surface area contributed by atoms with E-state index in [4.69, 9.17) is 22.3 Å². The number of carbonyl (C=O) groups is 1. The number of hydrogen-bond donors (Lipinski definition) is 3.